The van der Waals surface area contributed by atoms with Crippen LogP contribution in [0.3, 0.4) is 0 Å². The standard InChI is InChI=1S/C17H20FNO2/c1-4-6-15(10-7-13(3)17(20)19-5-2)21-16-11-8-14(18)9-12-16/h6-12H,3-5H2,1-2H3,(H,19,20)/b10-7-,15-6+. The molecule has 0 saturated carbocycles. The molecule has 0 fully saturated rings. The Balaban J connectivity index is 2.74. The van der Waals surface area contributed by atoms with Crippen LogP contribution in [0.1, 0.15) is 20.3 Å². The smallest absolute Gasteiger partial charge is 0.250 e. The summed E-state index contributed by atoms with van der Waals surface area (Å²) in [6, 6.07) is 5.75. The van der Waals surface area contributed by atoms with Gasteiger partial charge >= 0.3 is 0 Å². The van der Waals surface area contributed by atoms with E-state index < -0.39 is 0 Å². The first-order chi connectivity index (χ1) is 10.1. The molecular weight excluding hydrogens is 269 g/mol. The SMILES string of the molecule is C=C(/C=C\C(=C/CC)Oc1ccc(F)cc1)C(=O)NCC. The highest BCUT2D eigenvalue weighted by Crippen LogP contribution is 2.16. The van der Waals surface area contributed by atoms with Crippen LogP contribution in [0.5, 0.6) is 5.75 Å². The summed E-state index contributed by atoms with van der Waals surface area (Å²) in [7, 11) is 0. The highest BCUT2D eigenvalue weighted by Gasteiger charge is 2.02. The number of carbonyl (C=O) groups is 1. The number of allylic oxidation sites excluding steroid dienone is 2. The van der Waals surface area contributed by atoms with E-state index in [9.17, 15) is 9.18 Å². The first-order valence-corrected chi connectivity index (χ1v) is 6.85. The molecule has 1 rings (SSSR count). The van der Waals surface area contributed by atoms with Crippen molar-refractivity contribution in [3.05, 3.63) is 66.2 Å². The normalized spacial score (nSPS) is 11.5. The lowest BCUT2D eigenvalue weighted by atomic mass is 10.2. The van der Waals surface area contributed by atoms with Crippen LogP contribution in [0.15, 0.2) is 60.4 Å². The van der Waals surface area contributed by atoms with Crippen LogP contribution in [0.2, 0.25) is 0 Å². The number of halogens is 1. The second kappa shape index (κ2) is 8.74. The molecule has 0 bridgehead atoms. The second-order valence-corrected chi connectivity index (χ2v) is 4.29. The average molecular weight is 289 g/mol. The molecule has 0 atom stereocenters. The summed E-state index contributed by atoms with van der Waals surface area (Å²) >= 11 is 0. The third kappa shape index (κ3) is 6.08. The quantitative estimate of drug-likeness (QED) is 0.471. The minimum atomic E-state index is -0.316. The van der Waals surface area contributed by atoms with Gasteiger partial charge in [-0.05, 0) is 55.8 Å². The van der Waals surface area contributed by atoms with Crippen LogP contribution in [-0.2, 0) is 4.79 Å². The Kier molecular flexibility index (Phi) is 6.95. The molecule has 112 valence electrons. The number of hydrogen-bond acceptors (Lipinski definition) is 2. The van der Waals surface area contributed by atoms with Crippen molar-refractivity contribution < 1.29 is 13.9 Å². The fraction of sp³-hybridized carbons (Fsp3) is 0.235. The summed E-state index contributed by atoms with van der Waals surface area (Å²) in [6.45, 7) is 8.06. The lowest BCUT2D eigenvalue weighted by Gasteiger charge is -2.07. The van der Waals surface area contributed by atoms with Crippen molar-refractivity contribution >= 4 is 5.91 Å². The van der Waals surface area contributed by atoms with Gasteiger partial charge in [0.2, 0.25) is 0 Å². The third-order valence-electron chi connectivity index (χ3n) is 2.53. The predicted octanol–water partition coefficient (Wildman–Crippen LogP) is 3.75. The van der Waals surface area contributed by atoms with E-state index in [2.05, 4.69) is 11.9 Å². The van der Waals surface area contributed by atoms with Crippen LogP contribution in [-0.4, -0.2) is 12.5 Å². The monoisotopic (exact) mass is 289 g/mol. The zero-order valence-electron chi connectivity index (χ0n) is 12.4. The molecule has 0 heterocycles. The molecule has 4 heteroatoms. The fourth-order valence-electron chi connectivity index (χ4n) is 1.52. The minimum absolute atomic E-state index is 0.216. The van der Waals surface area contributed by atoms with E-state index in [-0.39, 0.29) is 11.7 Å². The molecular formula is C17H20FNO2. The van der Waals surface area contributed by atoms with Crippen molar-refractivity contribution in [1.29, 1.82) is 0 Å². The molecule has 0 saturated heterocycles. The van der Waals surface area contributed by atoms with Crippen molar-refractivity contribution in [1.82, 2.24) is 5.32 Å². The summed E-state index contributed by atoms with van der Waals surface area (Å²) in [4.78, 5) is 11.5. The Bertz CT molecular complexity index is 544. The van der Waals surface area contributed by atoms with Crippen LogP contribution in [0.4, 0.5) is 4.39 Å². The minimum Gasteiger partial charge on any atom is -0.458 e. The van der Waals surface area contributed by atoms with E-state index in [0.29, 0.717) is 23.6 Å². The van der Waals surface area contributed by atoms with Crippen molar-refractivity contribution in [3.63, 3.8) is 0 Å². The molecule has 0 spiro atoms. The Morgan fingerprint density at radius 2 is 1.95 bits per heavy atom. The number of amides is 1. The maximum Gasteiger partial charge on any atom is 0.250 e. The molecule has 0 aromatic heterocycles. The number of hydrogen-bond donors (Lipinski definition) is 1. The van der Waals surface area contributed by atoms with Gasteiger partial charge in [0, 0.05) is 12.1 Å². The van der Waals surface area contributed by atoms with Gasteiger partial charge in [-0.15, -0.1) is 0 Å². The van der Waals surface area contributed by atoms with Gasteiger partial charge in [-0.3, -0.25) is 4.79 Å². The van der Waals surface area contributed by atoms with E-state index >= 15 is 0 Å². The van der Waals surface area contributed by atoms with Crippen molar-refractivity contribution in [2.45, 2.75) is 20.3 Å². The molecule has 3 nitrogen and oxygen atoms in total. The average Bonchev–Trinajstić information content (AvgIpc) is 2.47. The Hall–Kier alpha value is -2.36. The molecule has 0 unspecified atom stereocenters. The molecule has 21 heavy (non-hydrogen) atoms. The van der Waals surface area contributed by atoms with E-state index in [1.807, 2.05) is 19.9 Å². The summed E-state index contributed by atoms with van der Waals surface area (Å²) in [5.41, 5.74) is 0.349. The van der Waals surface area contributed by atoms with Gasteiger partial charge in [0.25, 0.3) is 5.91 Å². The molecule has 0 radical (unpaired) electrons. The van der Waals surface area contributed by atoms with E-state index in [4.69, 9.17) is 4.74 Å². The maximum atomic E-state index is 12.8. The number of likely N-dealkylation sites (N-methyl/N-ethyl adjacent to an activating group) is 1. The van der Waals surface area contributed by atoms with E-state index in [1.165, 1.54) is 12.1 Å². The van der Waals surface area contributed by atoms with Gasteiger partial charge < -0.3 is 10.1 Å². The summed E-state index contributed by atoms with van der Waals surface area (Å²) < 4.78 is 18.5. The van der Waals surface area contributed by atoms with Crippen LogP contribution < -0.4 is 10.1 Å². The molecule has 0 aliphatic heterocycles. The number of rotatable bonds is 7. The second-order valence-electron chi connectivity index (χ2n) is 4.29. The molecule has 1 aromatic rings. The first kappa shape index (κ1) is 16.7. The van der Waals surface area contributed by atoms with Gasteiger partial charge in [0.05, 0.1) is 0 Å². The van der Waals surface area contributed by atoms with Crippen molar-refractivity contribution in [3.8, 4) is 5.75 Å². The number of nitrogens with one attached hydrogen (secondary N) is 1. The van der Waals surface area contributed by atoms with Gasteiger partial charge in [0.1, 0.15) is 17.3 Å². The molecule has 1 aromatic carbocycles. The Labute approximate surface area is 124 Å². The lowest BCUT2D eigenvalue weighted by molar-refractivity contribution is -0.117. The van der Waals surface area contributed by atoms with Gasteiger partial charge in [0.15, 0.2) is 0 Å². The van der Waals surface area contributed by atoms with E-state index in [0.717, 1.165) is 6.42 Å². The van der Waals surface area contributed by atoms with Crippen molar-refractivity contribution in [2.75, 3.05) is 6.54 Å². The Morgan fingerprint density at radius 1 is 1.29 bits per heavy atom. The van der Waals surface area contributed by atoms with Gasteiger partial charge in [-0.2, -0.15) is 0 Å². The molecule has 0 aliphatic rings. The molecule has 1 amide bonds. The van der Waals surface area contributed by atoms with Crippen LogP contribution in [0.25, 0.3) is 0 Å². The van der Waals surface area contributed by atoms with Crippen LogP contribution in [0, 0.1) is 5.82 Å². The molecule has 1 N–H and O–H groups in total. The zero-order valence-corrected chi connectivity index (χ0v) is 12.4. The van der Waals surface area contributed by atoms with Gasteiger partial charge in [-0.1, -0.05) is 13.5 Å². The lowest BCUT2D eigenvalue weighted by Crippen LogP contribution is -2.23. The van der Waals surface area contributed by atoms with Crippen LogP contribution >= 0.6 is 0 Å². The summed E-state index contributed by atoms with van der Waals surface area (Å²) in [6.07, 6.45) is 5.90. The zero-order chi connectivity index (χ0) is 15.7. The fourth-order valence-corrected chi connectivity index (χ4v) is 1.52. The summed E-state index contributed by atoms with van der Waals surface area (Å²) in [5.74, 6) is 0.578. The Morgan fingerprint density at radius 3 is 2.52 bits per heavy atom. The van der Waals surface area contributed by atoms with Gasteiger partial charge in [-0.25, -0.2) is 4.39 Å². The third-order valence-corrected chi connectivity index (χ3v) is 2.53. The largest absolute Gasteiger partial charge is 0.458 e. The number of carbonyl (C=O) groups excluding carboxylic acids is 1. The number of ether oxygens (including phenoxy) is 1. The topological polar surface area (TPSA) is 38.3 Å². The maximum absolute atomic E-state index is 12.8. The highest BCUT2D eigenvalue weighted by molar-refractivity contribution is 5.95. The summed E-state index contributed by atoms with van der Waals surface area (Å²) in [5, 5.41) is 2.67. The number of benzene rings is 1. The molecule has 0 aliphatic carbocycles. The first-order valence-electron chi connectivity index (χ1n) is 6.85. The van der Waals surface area contributed by atoms with Crippen molar-refractivity contribution in [2.24, 2.45) is 0 Å². The highest BCUT2D eigenvalue weighted by atomic mass is 19.1. The predicted molar refractivity (Wildman–Crippen MR) is 82.4 cm³/mol. The van der Waals surface area contributed by atoms with E-state index in [1.54, 1.807) is 24.3 Å².